The Kier molecular flexibility index (Phi) is 3.87. The average molecular weight is 243 g/mol. The van der Waals surface area contributed by atoms with E-state index in [1.165, 1.54) is 26.5 Å². The first-order valence-corrected chi connectivity index (χ1v) is 6.55. The third kappa shape index (κ3) is 2.90. The summed E-state index contributed by atoms with van der Waals surface area (Å²) in [5.74, 6) is 0. The normalized spacial score (nSPS) is 10.5. The summed E-state index contributed by atoms with van der Waals surface area (Å²) in [5, 5.41) is 0. The molecule has 2 aromatic carbocycles. The highest BCUT2D eigenvalue weighted by atomic mass is 32.2. The molecule has 2 heteroatoms. The number of hydrogen-bond acceptors (Lipinski definition) is 2. The van der Waals surface area contributed by atoms with Gasteiger partial charge in [-0.25, -0.2) is 0 Å². The van der Waals surface area contributed by atoms with E-state index in [9.17, 15) is 0 Å². The van der Waals surface area contributed by atoms with Crippen molar-refractivity contribution in [2.75, 3.05) is 0 Å². The minimum absolute atomic E-state index is 0.591. The van der Waals surface area contributed by atoms with Gasteiger partial charge in [-0.05, 0) is 42.7 Å². The van der Waals surface area contributed by atoms with E-state index in [-0.39, 0.29) is 0 Å². The Hall–Kier alpha value is -1.25. The first-order valence-electron chi connectivity index (χ1n) is 5.74. The number of benzene rings is 2. The summed E-state index contributed by atoms with van der Waals surface area (Å²) in [6.45, 7) is 4.86. The van der Waals surface area contributed by atoms with Gasteiger partial charge in [-0.15, -0.1) is 0 Å². The molecule has 0 aliphatic rings. The molecule has 2 aromatic rings. The van der Waals surface area contributed by atoms with Gasteiger partial charge < -0.3 is 5.73 Å². The van der Waals surface area contributed by atoms with Gasteiger partial charge in [0.1, 0.15) is 0 Å². The largest absolute Gasteiger partial charge is 0.326 e. The fraction of sp³-hybridized carbons (Fsp3) is 0.200. The van der Waals surface area contributed by atoms with Gasteiger partial charge in [-0.3, -0.25) is 0 Å². The Labute approximate surface area is 107 Å². The number of nitrogens with two attached hydrogens (primary N) is 1. The molecular formula is C15H17NS. The predicted molar refractivity (Wildman–Crippen MR) is 74.4 cm³/mol. The summed E-state index contributed by atoms with van der Waals surface area (Å²) >= 11 is 1.80. The zero-order valence-electron chi connectivity index (χ0n) is 10.2. The van der Waals surface area contributed by atoms with Crippen molar-refractivity contribution in [3.8, 4) is 0 Å². The van der Waals surface area contributed by atoms with Crippen molar-refractivity contribution in [2.45, 2.75) is 30.2 Å². The lowest BCUT2D eigenvalue weighted by molar-refractivity contribution is 1.03. The number of aryl methyl sites for hydroxylation is 2. The van der Waals surface area contributed by atoms with Gasteiger partial charge in [0, 0.05) is 16.3 Å². The van der Waals surface area contributed by atoms with Gasteiger partial charge in [-0.1, -0.05) is 42.1 Å². The average Bonchev–Trinajstić information content (AvgIpc) is 2.34. The molecule has 0 radical (unpaired) electrons. The smallest absolute Gasteiger partial charge is 0.0189 e. The van der Waals surface area contributed by atoms with Crippen molar-refractivity contribution in [3.63, 3.8) is 0 Å². The summed E-state index contributed by atoms with van der Waals surface area (Å²) < 4.78 is 0. The molecular weight excluding hydrogens is 226 g/mol. The van der Waals surface area contributed by atoms with Gasteiger partial charge in [0.05, 0.1) is 0 Å². The maximum atomic E-state index is 5.76. The summed E-state index contributed by atoms with van der Waals surface area (Å²) in [6.07, 6.45) is 0. The monoisotopic (exact) mass is 243 g/mol. The predicted octanol–water partition coefficient (Wildman–Crippen LogP) is 3.91. The maximum absolute atomic E-state index is 5.76. The molecule has 0 saturated carbocycles. The van der Waals surface area contributed by atoms with Gasteiger partial charge >= 0.3 is 0 Å². The second-order valence-corrected chi connectivity index (χ2v) is 5.27. The first kappa shape index (κ1) is 12.2. The van der Waals surface area contributed by atoms with Crippen LogP contribution in [0.1, 0.15) is 16.7 Å². The molecule has 0 atom stereocenters. The molecule has 0 unspecified atom stereocenters. The molecule has 0 saturated heterocycles. The topological polar surface area (TPSA) is 26.0 Å². The number of rotatable bonds is 3. The summed E-state index contributed by atoms with van der Waals surface area (Å²) in [7, 11) is 0. The second-order valence-electron chi connectivity index (χ2n) is 4.18. The standard InChI is InChI=1S/C15H17NS/c1-11-7-8-12(2)15(9-11)17-14-6-4-3-5-13(14)10-16/h3-9H,10,16H2,1-2H3. The zero-order valence-corrected chi connectivity index (χ0v) is 11.1. The Bertz CT molecular complexity index is 520. The summed E-state index contributed by atoms with van der Waals surface area (Å²) in [4.78, 5) is 2.56. The molecule has 0 bridgehead atoms. The molecule has 0 aliphatic carbocycles. The molecule has 0 heterocycles. The molecule has 2 rings (SSSR count). The van der Waals surface area contributed by atoms with E-state index >= 15 is 0 Å². The van der Waals surface area contributed by atoms with Crippen LogP contribution >= 0.6 is 11.8 Å². The van der Waals surface area contributed by atoms with Crippen LogP contribution in [0.5, 0.6) is 0 Å². The van der Waals surface area contributed by atoms with E-state index in [0.717, 1.165) is 0 Å². The quantitative estimate of drug-likeness (QED) is 0.884. The molecule has 2 N–H and O–H groups in total. The molecule has 88 valence electrons. The fourth-order valence-electron chi connectivity index (χ4n) is 1.71. The van der Waals surface area contributed by atoms with Crippen LogP contribution in [-0.2, 0) is 6.54 Å². The van der Waals surface area contributed by atoms with Crippen LogP contribution in [-0.4, -0.2) is 0 Å². The Balaban J connectivity index is 2.34. The van der Waals surface area contributed by atoms with Crippen LogP contribution in [0.2, 0.25) is 0 Å². The lowest BCUT2D eigenvalue weighted by Gasteiger charge is -2.10. The molecule has 0 aromatic heterocycles. The van der Waals surface area contributed by atoms with Gasteiger partial charge in [0.2, 0.25) is 0 Å². The van der Waals surface area contributed by atoms with Crippen molar-refractivity contribution < 1.29 is 0 Å². The first-order chi connectivity index (χ1) is 8.20. The minimum Gasteiger partial charge on any atom is -0.326 e. The van der Waals surface area contributed by atoms with Crippen molar-refractivity contribution >= 4 is 11.8 Å². The van der Waals surface area contributed by atoms with Crippen LogP contribution in [0, 0.1) is 13.8 Å². The van der Waals surface area contributed by atoms with Crippen LogP contribution in [0.25, 0.3) is 0 Å². The SMILES string of the molecule is Cc1ccc(C)c(Sc2ccccc2CN)c1. The summed E-state index contributed by atoms with van der Waals surface area (Å²) in [6, 6.07) is 14.9. The minimum atomic E-state index is 0.591. The van der Waals surface area contributed by atoms with E-state index in [2.05, 4.69) is 50.2 Å². The van der Waals surface area contributed by atoms with Crippen molar-refractivity contribution in [3.05, 3.63) is 59.2 Å². The molecule has 17 heavy (non-hydrogen) atoms. The molecule has 0 spiro atoms. The number of hydrogen-bond donors (Lipinski definition) is 1. The molecule has 0 amide bonds. The van der Waals surface area contributed by atoms with Crippen LogP contribution < -0.4 is 5.73 Å². The van der Waals surface area contributed by atoms with Crippen LogP contribution in [0.3, 0.4) is 0 Å². The highest BCUT2D eigenvalue weighted by molar-refractivity contribution is 7.99. The summed E-state index contributed by atoms with van der Waals surface area (Å²) in [5.41, 5.74) is 9.57. The lowest BCUT2D eigenvalue weighted by atomic mass is 10.2. The van der Waals surface area contributed by atoms with Gasteiger partial charge in [-0.2, -0.15) is 0 Å². The Morgan fingerprint density at radius 1 is 1.00 bits per heavy atom. The zero-order chi connectivity index (χ0) is 12.3. The molecule has 0 fully saturated rings. The van der Waals surface area contributed by atoms with Crippen molar-refractivity contribution in [2.24, 2.45) is 5.73 Å². The van der Waals surface area contributed by atoms with Crippen LogP contribution in [0.4, 0.5) is 0 Å². The Morgan fingerprint density at radius 2 is 1.76 bits per heavy atom. The van der Waals surface area contributed by atoms with E-state index in [4.69, 9.17) is 5.73 Å². The second kappa shape index (κ2) is 5.39. The van der Waals surface area contributed by atoms with Gasteiger partial charge in [0.15, 0.2) is 0 Å². The maximum Gasteiger partial charge on any atom is 0.0189 e. The fourth-order valence-corrected chi connectivity index (χ4v) is 2.85. The van der Waals surface area contributed by atoms with E-state index in [1.54, 1.807) is 11.8 Å². The van der Waals surface area contributed by atoms with Crippen molar-refractivity contribution in [1.82, 2.24) is 0 Å². The third-order valence-corrected chi connectivity index (χ3v) is 4.03. The Morgan fingerprint density at radius 3 is 2.53 bits per heavy atom. The highest BCUT2D eigenvalue weighted by Crippen LogP contribution is 2.32. The van der Waals surface area contributed by atoms with E-state index < -0.39 is 0 Å². The van der Waals surface area contributed by atoms with Gasteiger partial charge in [0.25, 0.3) is 0 Å². The third-order valence-electron chi connectivity index (χ3n) is 2.76. The molecule has 0 aliphatic heterocycles. The molecule has 1 nitrogen and oxygen atoms in total. The van der Waals surface area contributed by atoms with Crippen LogP contribution in [0.15, 0.2) is 52.3 Å². The lowest BCUT2D eigenvalue weighted by Crippen LogP contribution is -1.97. The van der Waals surface area contributed by atoms with E-state index in [1.807, 2.05) is 6.07 Å². The van der Waals surface area contributed by atoms with E-state index in [0.29, 0.717) is 6.54 Å². The van der Waals surface area contributed by atoms with Crippen molar-refractivity contribution in [1.29, 1.82) is 0 Å². The highest BCUT2D eigenvalue weighted by Gasteiger charge is 2.05.